The summed E-state index contributed by atoms with van der Waals surface area (Å²) in [4.78, 5) is 16.3. The minimum Gasteiger partial charge on any atom is -0.466 e. The fourth-order valence-electron chi connectivity index (χ4n) is 0.906. The highest BCUT2D eigenvalue weighted by Gasteiger charge is 2.10. The average Bonchev–Trinajstić information content (AvgIpc) is 2.30. The van der Waals surface area contributed by atoms with Crippen molar-refractivity contribution in [3.05, 3.63) is 14.5 Å². The first-order valence-corrected chi connectivity index (χ1v) is 5.52. The van der Waals surface area contributed by atoms with Crippen molar-refractivity contribution < 1.29 is 9.53 Å². The SMILES string of the molecule is CCOC(=O)Cc1nc(Br)sc1C. The zero-order chi connectivity index (χ0) is 9.84. The van der Waals surface area contributed by atoms with Crippen LogP contribution in [0.15, 0.2) is 3.92 Å². The van der Waals surface area contributed by atoms with Crippen LogP contribution in [0.5, 0.6) is 0 Å². The van der Waals surface area contributed by atoms with Gasteiger partial charge in [-0.15, -0.1) is 11.3 Å². The lowest BCUT2D eigenvalue weighted by Crippen LogP contribution is -2.08. The number of aryl methyl sites for hydroxylation is 1. The van der Waals surface area contributed by atoms with Gasteiger partial charge in [0.05, 0.1) is 18.7 Å². The van der Waals surface area contributed by atoms with Gasteiger partial charge in [-0.25, -0.2) is 4.98 Å². The number of halogens is 1. The molecule has 0 saturated heterocycles. The highest BCUT2D eigenvalue weighted by molar-refractivity contribution is 9.11. The van der Waals surface area contributed by atoms with E-state index in [4.69, 9.17) is 4.74 Å². The zero-order valence-electron chi connectivity index (χ0n) is 7.46. The van der Waals surface area contributed by atoms with Gasteiger partial charge >= 0.3 is 5.97 Å². The number of rotatable bonds is 3. The molecule has 0 spiro atoms. The molecule has 0 aliphatic rings. The highest BCUT2D eigenvalue weighted by atomic mass is 79.9. The number of ether oxygens (including phenoxy) is 1. The largest absolute Gasteiger partial charge is 0.466 e. The molecular formula is C8H10BrNO2S. The second-order valence-electron chi connectivity index (χ2n) is 2.45. The molecule has 1 rings (SSSR count). The van der Waals surface area contributed by atoms with Crippen molar-refractivity contribution in [2.75, 3.05) is 6.61 Å². The van der Waals surface area contributed by atoms with E-state index in [-0.39, 0.29) is 12.4 Å². The molecule has 0 radical (unpaired) electrons. The minimum atomic E-state index is -0.219. The third kappa shape index (κ3) is 3.08. The number of hydrogen-bond acceptors (Lipinski definition) is 4. The first-order valence-electron chi connectivity index (χ1n) is 3.91. The standard InChI is InChI=1S/C8H10BrNO2S/c1-3-12-7(11)4-6-5(2)13-8(9)10-6/h3-4H2,1-2H3. The number of carbonyl (C=O) groups is 1. The molecular weight excluding hydrogens is 254 g/mol. The average molecular weight is 264 g/mol. The van der Waals surface area contributed by atoms with Crippen molar-refractivity contribution in [2.45, 2.75) is 20.3 Å². The molecule has 5 heteroatoms. The monoisotopic (exact) mass is 263 g/mol. The van der Waals surface area contributed by atoms with Crippen LogP contribution in [0.2, 0.25) is 0 Å². The number of thiazole rings is 1. The van der Waals surface area contributed by atoms with Gasteiger partial charge in [-0.2, -0.15) is 0 Å². The summed E-state index contributed by atoms with van der Waals surface area (Å²) < 4.78 is 5.63. The summed E-state index contributed by atoms with van der Waals surface area (Å²) >= 11 is 4.79. The predicted molar refractivity (Wildman–Crippen MR) is 54.9 cm³/mol. The van der Waals surface area contributed by atoms with Gasteiger partial charge in [0.1, 0.15) is 0 Å². The van der Waals surface area contributed by atoms with E-state index >= 15 is 0 Å². The Labute approximate surface area is 89.3 Å². The summed E-state index contributed by atoms with van der Waals surface area (Å²) in [5.74, 6) is -0.219. The summed E-state index contributed by atoms with van der Waals surface area (Å²) in [6.45, 7) is 4.15. The van der Waals surface area contributed by atoms with Gasteiger partial charge in [0.15, 0.2) is 3.92 Å². The summed E-state index contributed by atoms with van der Waals surface area (Å²) in [5, 5.41) is 0. The molecule has 0 bridgehead atoms. The first kappa shape index (κ1) is 10.7. The van der Waals surface area contributed by atoms with Crippen LogP contribution in [-0.2, 0) is 16.0 Å². The van der Waals surface area contributed by atoms with Crippen molar-refractivity contribution in [1.82, 2.24) is 4.98 Å². The Morgan fingerprint density at radius 3 is 2.85 bits per heavy atom. The van der Waals surface area contributed by atoms with Crippen LogP contribution in [0.3, 0.4) is 0 Å². The fourth-order valence-corrected chi connectivity index (χ4v) is 2.49. The molecule has 0 aliphatic heterocycles. The maximum atomic E-state index is 11.1. The molecule has 0 fully saturated rings. The first-order chi connectivity index (χ1) is 6.13. The van der Waals surface area contributed by atoms with Crippen LogP contribution in [0.25, 0.3) is 0 Å². The molecule has 0 aromatic carbocycles. The molecule has 0 N–H and O–H groups in total. The maximum Gasteiger partial charge on any atom is 0.311 e. The zero-order valence-corrected chi connectivity index (χ0v) is 9.87. The van der Waals surface area contributed by atoms with Crippen molar-refractivity contribution in [2.24, 2.45) is 0 Å². The van der Waals surface area contributed by atoms with E-state index in [9.17, 15) is 4.79 Å². The van der Waals surface area contributed by atoms with E-state index in [1.807, 2.05) is 6.92 Å². The smallest absolute Gasteiger partial charge is 0.311 e. The number of carbonyl (C=O) groups excluding carboxylic acids is 1. The lowest BCUT2D eigenvalue weighted by molar-refractivity contribution is -0.142. The van der Waals surface area contributed by atoms with E-state index in [1.165, 1.54) is 11.3 Å². The van der Waals surface area contributed by atoms with Gasteiger partial charge in [0.2, 0.25) is 0 Å². The highest BCUT2D eigenvalue weighted by Crippen LogP contribution is 2.22. The molecule has 0 aliphatic carbocycles. The molecule has 0 saturated carbocycles. The summed E-state index contributed by atoms with van der Waals surface area (Å²) in [6, 6.07) is 0. The Kier molecular flexibility index (Phi) is 3.87. The van der Waals surface area contributed by atoms with E-state index in [0.29, 0.717) is 6.61 Å². The number of aromatic nitrogens is 1. The van der Waals surface area contributed by atoms with Gasteiger partial charge in [-0.05, 0) is 29.8 Å². The molecule has 1 aromatic heterocycles. The third-order valence-corrected chi connectivity index (χ3v) is 2.95. The Morgan fingerprint density at radius 1 is 1.69 bits per heavy atom. The number of nitrogens with zero attached hydrogens (tertiary/aromatic N) is 1. The second kappa shape index (κ2) is 4.72. The van der Waals surface area contributed by atoms with Gasteiger partial charge < -0.3 is 4.74 Å². The lowest BCUT2D eigenvalue weighted by atomic mass is 10.3. The molecule has 0 atom stereocenters. The van der Waals surface area contributed by atoms with Crippen LogP contribution < -0.4 is 0 Å². The van der Waals surface area contributed by atoms with E-state index in [2.05, 4.69) is 20.9 Å². The van der Waals surface area contributed by atoms with Crippen molar-refractivity contribution in [1.29, 1.82) is 0 Å². The van der Waals surface area contributed by atoms with E-state index in [1.54, 1.807) is 6.92 Å². The van der Waals surface area contributed by atoms with Crippen molar-refractivity contribution in [3.8, 4) is 0 Å². The quantitative estimate of drug-likeness (QED) is 0.786. The molecule has 0 amide bonds. The Hall–Kier alpha value is -0.420. The third-order valence-electron chi connectivity index (χ3n) is 1.48. The fraction of sp³-hybridized carbons (Fsp3) is 0.500. The van der Waals surface area contributed by atoms with Crippen molar-refractivity contribution >= 4 is 33.2 Å². The minimum absolute atomic E-state index is 0.219. The van der Waals surface area contributed by atoms with Crippen LogP contribution in [0.1, 0.15) is 17.5 Å². The molecule has 13 heavy (non-hydrogen) atoms. The van der Waals surface area contributed by atoms with Gasteiger partial charge in [0.25, 0.3) is 0 Å². The molecule has 1 heterocycles. The Morgan fingerprint density at radius 2 is 2.38 bits per heavy atom. The summed E-state index contributed by atoms with van der Waals surface area (Å²) in [6.07, 6.45) is 0.266. The molecule has 0 unspecified atom stereocenters. The normalized spacial score (nSPS) is 10.1. The van der Waals surface area contributed by atoms with Gasteiger partial charge in [0, 0.05) is 4.88 Å². The summed E-state index contributed by atoms with van der Waals surface area (Å²) in [5.41, 5.74) is 0.801. The van der Waals surface area contributed by atoms with Gasteiger partial charge in [-0.3, -0.25) is 4.79 Å². The van der Waals surface area contributed by atoms with Crippen LogP contribution >= 0.6 is 27.3 Å². The van der Waals surface area contributed by atoms with Crippen LogP contribution in [-0.4, -0.2) is 17.6 Å². The predicted octanol–water partition coefficient (Wildman–Crippen LogP) is 2.32. The Balaban J connectivity index is 2.63. The van der Waals surface area contributed by atoms with E-state index in [0.717, 1.165) is 14.5 Å². The molecule has 72 valence electrons. The van der Waals surface area contributed by atoms with Crippen molar-refractivity contribution in [3.63, 3.8) is 0 Å². The number of esters is 1. The van der Waals surface area contributed by atoms with E-state index < -0.39 is 0 Å². The maximum absolute atomic E-state index is 11.1. The van der Waals surface area contributed by atoms with Crippen LogP contribution in [0, 0.1) is 6.92 Å². The summed E-state index contributed by atoms with van der Waals surface area (Å²) in [7, 11) is 0. The topological polar surface area (TPSA) is 39.2 Å². The molecule has 1 aromatic rings. The van der Waals surface area contributed by atoms with Gasteiger partial charge in [-0.1, -0.05) is 0 Å². The lowest BCUT2D eigenvalue weighted by Gasteiger charge is -1.99. The number of hydrogen-bond donors (Lipinski definition) is 0. The Bertz CT molecular complexity index is 311. The van der Waals surface area contributed by atoms with Crippen LogP contribution in [0.4, 0.5) is 0 Å². The molecule has 3 nitrogen and oxygen atoms in total. The second-order valence-corrected chi connectivity index (χ2v) is 4.93.